The number of carbonyl (C=O) groups is 1. The Morgan fingerprint density at radius 2 is 1.96 bits per heavy atom. The first-order valence-electron chi connectivity index (χ1n) is 10.0. The molecule has 0 unspecified atom stereocenters. The summed E-state index contributed by atoms with van der Waals surface area (Å²) in [6.07, 6.45) is 4.45. The molecular weight excluding hydrogens is 350 g/mol. The molecule has 146 valence electrons. The number of hydrogen-bond donors (Lipinski definition) is 1. The fourth-order valence-corrected chi connectivity index (χ4v) is 4.21. The fourth-order valence-electron chi connectivity index (χ4n) is 4.21. The van der Waals surface area contributed by atoms with Gasteiger partial charge in [-0.15, -0.1) is 0 Å². The van der Waals surface area contributed by atoms with Crippen molar-refractivity contribution in [3.8, 4) is 0 Å². The van der Waals surface area contributed by atoms with E-state index in [0.717, 1.165) is 46.6 Å². The number of nitrogens with one attached hydrogen (secondary N) is 1. The smallest absolute Gasteiger partial charge is 0.224 e. The normalized spacial score (nSPS) is 15.8. The molecule has 1 N–H and O–H groups in total. The number of fused-ring (bicyclic) bond motifs is 1. The van der Waals surface area contributed by atoms with Crippen LogP contribution in [0.4, 0.5) is 0 Å². The molecule has 1 atom stereocenters. The first kappa shape index (κ1) is 18.7. The van der Waals surface area contributed by atoms with Gasteiger partial charge in [0.05, 0.1) is 24.2 Å². The quantitative estimate of drug-likeness (QED) is 0.707. The van der Waals surface area contributed by atoms with Crippen molar-refractivity contribution in [2.75, 3.05) is 19.6 Å². The number of amides is 1. The Labute approximate surface area is 165 Å². The largest absolute Gasteiger partial charge is 0.468 e. The second-order valence-electron chi connectivity index (χ2n) is 7.57. The molecule has 5 heteroatoms. The van der Waals surface area contributed by atoms with Crippen LogP contribution in [0.3, 0.4) is 0 Å². The van der Waals surface area contributed by atoms with Gasteiger partial charge in [0.25, 0.3) is 0 Å². The molecule has 1 amide bonds. The highest BCUT2D eigenvalue weighted by atomic mass is 16.3. The number of aromatic nitrogens is 1. The molecule has 0 bridgehead atoms. The van der Waals surface area contributed by atoms with E-state index in [-0.39, 0.29) is 11.9 Å². The average Bonchev–Trinajstić information content (AvgIpc) is 3.40. The number of nitrogens with zero attached hydrogens (tertiary/aromatic N) is 2. The predicted molar refractivity (Wildman–Crippen MR) is 110 cm³/mol. The maximum absolute atomic E-state index is 12.8. The van der Waals surface area contributed by atoms with Gasteiger partial charge in [0.1, 0.15) is 5.76 Å². The van der Waals surface area contributed by atoms with Crippen molar-refractivity contribution in [3.05, 3.63) is 65.2 Å². The molecule has 2 aromatic heterocycles. The summed E-state index contributed by atoms with van der Waals surface area (Å²) in [4.78, 5) is 19.8. The number of pyridine rings is 1. The Bertz CT molecular complexity index is 959. The summed E-state index contributed by atoms with van der Waals surface area (Å²) < 4.78 is 5.64. The third-order valence-corrected chi connectivity index (χ3v) is 5.77. The molecule has 1 aliphatic rings. The minimum atomic E-state index is 0.0269. The standard InChI is InChI=1S/C23H27N3O2/c1-16-18-8-3-4-9-20(18)25-17(2)19(16)14-23(27)24-15-21(22-10-7-13-28-22)26-11-5-6-12-26/h3-4,7-10,13,21H,5-6,11-12,14-15H2,1-2H3,(H,24,27)/t21-/m0/s1. The minimum absolute atomic E-state index is 0.0269. The van der Waals surface area contributed by atoms with Crippen LogP contribution in [0.2, 0.25) is 0 Å². The van der Waals surface area contributed by atoms with Crippen molar-refractivity contribution in [3.63, 3.8) is 0 Å². The SMILES string of the molecule is Cc1nc2ccccc2c(C)c1CC(=O)NC[C@@H](c1ccco1)N1CCCC1. The van der Waals surface area contributed by atoms with E-state index in [2.05, 4.69) is 28.2 Å². The number of furan rings is 1. The van der Waals surface area contributed by atoms with Crippen LogP contribution in [-0.2, 0) is 11.2 Å². The number of likely N-dealkylation sites (tertiary alicyclic amines) is 1. The highest BCUT2D eigenvalue weighted by Crippen LogP contribution is 2.25. The van der Waals surface area contributed by atoms with Crippen LogP contribution in [0, 0.1) is 13.8 Å². The number of hydrogen-bond acceptors (Lipinski definition) is 4. The van der Waals surface area contributed by atoms with Crippen molar-refractivity contribution in [2.24, 2.45) is 0 Å². The third kappa shape index (κ3) is 3.80. The average molecular weight is 377 g/mol. The lowest BCUT2D eigenvalue weighted by Gasteiger charge is -2.26. The van der Waals surface area contributed by atoms with E-state index < -0.39 is 0 Å². The van der Waals surface area contributed by atoms with Crippen molar-refractivity contribution < 1.29 is 9.21 Å². The lowest BCUT2D eigenvalue weighted by molar-refractivity contribution is -0.120. The van der Waals surface area contributed by atoms with Gasteiger partial charge in [0.2, 0.25) is 5.91 Å². The number of para-hydroxylation sites is 1. The van der Waals surface area contributed by atoms with Crippen LogP contribution in [0.5, 0.6) is 0 Å². The number of aryl methyl sites for hydroxylation is 2. The first-order chi connectivity index (χ1) is 13.6. The molecule has 5 nitrogen and oxygen atoms in total. The van der Waals surface area contributed by atoms with E-state index in [1.54, 1.807) is 6.26 Å². The molecule has 0 radical (unpaired) electrons. The molecule has 28 heavy (non-hydrogen) atoms. The van der Waals surface area contributed by atoms with Gasteiger partial charge in [0.15, 0.2) is 0 Å². The monoisotopic (exact) mass is 377 g/mol. The molecule has 0 saturated carbocycles. The lowest BCUT2D eigenvalue weighted by Crippen LogP contribution is -2.37. The van der Waals surface area contributed by atoms with E-state index in [4.69, 9.17) is 4.42 Å². The number of rotatable bonds is 6. The van der Waals surface area contributed by atoms with Crippen molar-refractivity contribution >= 4 is 16.8 Å². The van der Waals surface area contributed by atoms with Crippen LogP contribution < -0.4 is 5.32 Å². The van der Waals surface area contributed by atoms with E-state index in [1.807, 2.05) is 37.3 Å². The summed E-state index contributed by atoms with van der Waals surface area (Å²) in [5, 5.41) is 4.24. The molecule has 4 rings (SSSR count). The van der Waals surface area contributed by atoms with E-state index in [1.165, 1.54) is 12.8 Å². The fraction of sp³-hybridized carbons (Fsp3) is 0.391. The van der Waals surface area contributed by atoms with Crippen LogP contribution in [0.1, 0.15) is 41.5 Å². The van der Waals surface area contributed by atoms with Gasteiger partial charge in [0, 0.05) is 17.6 Å². The first-order valence-corrected chi connectivity index (χ1v) is 10.0. The summed E-state index contributed by atoms with van der Waals surface area (Å²) in [6, 6.07) is 12.1. The maximum Gasteiger partial charge on any atom is 0.224 e. The van der Waals surface area contributed by atoms with E-state index >= 15 is 0 Å². The summed E-state index contributed by atoms with van der Waals surface area (Å²) >= 11 is 0. The van der Waals surface area contributed by atoms with Crippen LogP contribution in [0.25, 0.3) is 10.9 Å². The molecule has 1 aliphatic heterocycles. The Morgan fingerprint density at radius 1 is 1.18 bits per heavy atom. The zero-order valence-electron chi connectivity index (χ0n) is 16.6. The molecule has 0 aliphatic carbocycles. The topological polar surface area (TPSA) is 58.4 Å². The zero-order chi connectivity index (χ0) is 19.5. The number of carbonyl (C=O) groups excluding carboxylic acids is 1. The van der Waals surface area contributed by atoms with Crippen molar-refractivity contribution in [1.82, 2.24) is 15.2 Å². The van der Waals surface area contributed by atoms with Gasteiger partial charge < -0.3 is 9.73 Å². The molecule has 0 spiro atoms. The summed E-state index contributed by atoms with van der Waals surface area (Å²) in [7, 11) is 0. The molecule has 1 aromatic carbocycles. The lowest BCUT2D eigenvalue weighted by atomic mass is 9.99. The van der Waals surface area contributed by atoms with Crippen LogP contribution >= 0.6 is 0 Å². The van der Waals surface area contributed by atoms with Gasteiger partial charge in [-0.2, -0.15) is 0 Å². The summed E-state index contributed by atoms with van der Waals surface area (Å²) in [5.74, 6) is 0.945. The zero-order valence-corrected chi connectivity index (χ0v) is 16.6. The van der Waals surface area contributed by atoms with Gasteiger partial charge in [-0.3, -0.25) is 14.7 Å². The van der Waals surface area contributed by atoms with Gasteiger partial charge in [-0.25, -0.2) is 0 Å². The Kier molecular flexibility index (Phi) is 5.44. The van der Waals surface area contributed by atoms with Crippen molar-refractivity contribution in [2.45, 2.75) is 39.2 Å². The van der Waals surface area contributed by atoms with Gasteiger partial charge in [-0.05, 0) is 69.1 Å². The van der Waals surface area contributed by atoms with E-state index in [0.29, 0.717) is 13.0 Å². The molecule has 3 heterocycles. The maximum atomic E-state index is 12.8. The molecular formula is C23H27N3O2. The molecule has 1 fully saturated rings. The van der Waals surface area contributed by atoms with Crippen molar-refractivity contribution in [1.29, 1.82) is 0 Å². The molecule has 3 aromatic rings. The Morgan fingerprint density at radius 3 is 2.71 bits per heavy atom. The van der Waals surface area contributed by atoms with Gasteiger partial charge in [-0.1, -0.05) is 18.2 Å². The minimum Gasteiger partial charge on any atom is -0.468 e. The third-order valence-electron chi connectivity index (χ3n) is 5.77. The van der Waals surface area contributed by atoms with Gasteiger partial charge >= 0.3 is 0 Å². The Balaban J connectivity index is 1.47. The van der Waals surface area contributed by atoms with Crippen LogP contribution in [-0.4, -0.2) is 35.4 Å². The second kappa shape index (κ2) is 8.15. The van der Waals surface area contributed by atoms with E-state index in [9.17, 15) is 4.79 Å². The highest BCUT2D eigenvalue weighted by molar-refractivity contribution is 5.86. The summed E-state index contributed by atoms with van der Waals surface area (Å²) in [5.41, 5.74) is 4.06. The Hall–Kier alpha value is -2.66. The predicted octanol–water partition coefficient (Wildman–Crippen LogP) is 3.94. The molecule has 1 saturated heterocycles. The summed E-state index contributed by atoms with van der Waals surface area (Å²) in [6.45, 7) is 6.72. The highest BCUT2D eigenvalue weighted by Gasteiger charge is 2.26. The van der Waals surface area contributed by atoms with Crippen LogP contribution in [0.15, 0.2) is 47.1 Å². The number of benzene rings is 1. The second-order valence-corrected chi connectivity index (χ2v) is 7.57.